The fourth-order valence-corrected chi connectivity index (χ4v) is 2.51. The van der Waals surface area contributed by atoms with Gasteiger partial charge in [-0.3, -0.25) is 0 Å². The predicted molar refractivity (Wildman–Crippen MR) is 71.9 cm³/mol. The molecule has 0 aliphatic carbocycles. The molecular weight excluding hydrogens is 330 g/mol. The largest absolute Gasteiger partial charge is 0.492 e. The van der Waals surface area contributed by atoms with Crippen molar-refractivity contribution >= 4 is 37.6 Å². The van der Waals surface area contributed by atoms with Crippen LogP contribution in [0.5, 0.6) is 5.75 Å². The topological polar surface area (TPSA) is 69.4 Å². The highest BCUT2D eigenvalue weighted by Crippen LogP contribution is 2.27. The van der Waals surface area contributed by atoms with Crippen LogP contribution < -0.4 is 9.88 Å². The van der Waals surface area contributed by atoms with E-state index < -0.39 is 10.0 Å². The Hall–Kier alpha value is -0.300. The van der Waals surface area contributed by atoms with E-state index in [0.717, 1.165) is 4.47 Å². The number of unbranched alkanes of at least 4 members (excludes halogenated alkanes) is 1. The molecule has 2 N–H and O–H groups in total. The molecule has 0 saturated heterocycles. The SMILES string of the molecule is NS(=O)(=O)CCCCOc1ccc(Br)cc1Cl. The van der Waals surface area contributed by atoms with E-state index in [1.54, 1.807) is 12.1 Å². The van der Waals surface area contributed by atoms with Crippen LogP contribution in [0.4, 0.5) is 0 Å². The highest BCUT2D eigenvalue weighted by atomic mass is 79.9. The van der Waals surface area contributed by atoms with Crippen LogP contribution in [0.1, 0.15) is 12.8 Å². The minimum atomic E-state index is -3.37. The molecule has 7 heteroatoms. The maximum atomic E-state index is 10.7. The van der Waals surface area contributed by atoms with Crippen LogP contribution in [0.2, 0.25) is 5.02 Å². The highest BCUT2D eigenvalue weighted by molar-refractivity contribution is 9.10. The average Bonchev–Trinajstić information content (AvgIpc) is 2.18. The molecule has 0 amide bonds. The molecule has 0 radical (unpaired) electrons. The Morgan fingerprint density at radius 3 is 2.65 bits per heavy atom. The zero-order valence-electron chi connectivity index (χ0n) is 9.03. The number of nitrogens with two attached hydrogens (primary N) is 1. The molecule has 0 atom stereocenters. The molecule has 96 valence electrons. The van der Waals surface area contributed by atoms with Crippen LogP contribution in [0.25, 0.3) is 0 Å². The molecule has 17 heavy (non-hydrogen) atoms. The van der Waals surface area contributed by atoms with Gasteiger partial charge in [0.2, 0.25) is 10.0 Å². The summed E-state index contributed by atoms with van der Waals surface area (Å²) in [5.74, 6) is 0.565. The Labute approximate surface area is 114 Å². The average molecular weight is 343 g/mol. The van der Waals surface area contributed by atoms with Crippen molar-refractivity contribution in [1.29, 1.82) is 0 Å². The maximum Gasteiger partial charge on any atom is 0.209 e. The van der Waals surface area contributed by atoms with Crippen LogP contribution in [-0.2, 0) is 10.0 Å². The number of ether oxygens (including phenoxy) is 1. The van der Waals surface area contributed by atoms with E-state index in [4.69, 9.17) is 21.5 Å². The smallest absolute Gasteiger partial charge is 0.209 e. The summed E-state index contributed by atoms with van der Waals surface area (Å²) >= 11 is 9.23. The lowest BCUT2D eigenvalue weighted by Crippen LogP contribution is -2.16. The van der Waals surface area contributed by atoms with E-state index >= 15 is 0 Å². The summed E-state index contributed by atoms with van der Waals surface area (Å²) in [6.07, 6.45) is 1.09. The normalized spacial score (nSPS) is 11.5. The van der Waals surface area contributed by atoms with Gasteiger partial charge in [0.25, 0.3) is 0 Å². The first kappa shape index (κ1) is 14.8. The first-order chi connectivity index (χ1) is 7.88. The number of sulfonamides is 1. The molecule has 4 nitrogen and oxygen atoms in total. The zero-order valence-corrected chi connectivity index (χ0v) is 12.2. The molecule has 0 unspecified atom stereocenters. The van der Waals surface area contributed by atoms with E-state index in [1.807, 2.05) is 6.07 Å². The second-order valence-electron chi connectivity index (χ2n) is 3.50. The lowest BCUT2D eigenvalue weighted by Gasteiger charge is -2.07. The van der Waals surface area contributed by atoms with Crippen molar-refractivity contribution in [3.63, 3.8) is 0 Å². The van der Waals surface area contributed by atoms with E-state index in [2.05, 4.69) is 15.9 Å². The Bertz CT molecular complexity index is 478. The van der Waals surface area contributed by atoms with Crippen LogP contribution in [0.3, 0.4) is 0 Å². The van der Waals surface area contributed by atoms with Gasteiger partial charge in [0.15, 0.2) is 0 Å². The van der Waals surface area contributed by atoms with Crippen molar-refractivity contribution in [2.24, 2.45) is 5.14 Å². The zero-order chi connectivity index (χ0) is 12.9. The Morgan fingerprint density at radius 2 is 2.06 bits per heavy atom. The van der Waals surface area contributed by atoms with Gasteiger partial charge in [-0.25, -0.2) is 13.6 Å². The molecule has 0 spiro atoms. The molecule has 0 aromatic heterocycles. The van der Waals surface area contributed by atoms with Gasteiger partial charge in [0, 0.05) is 4.47 Å². The number of benzene rings is 1. The van der Waals surface area contributed by atoms with Crippen LogP contribution in [0.15, 0.2) is 22.7 Å². The Morgan fingerprint density at radius 1 is 1.35 bits per heavy atom. The summed E-state index contributed by atoms with van der Waals surface area (Å²) in [4.78, 5) is 0. The molecule has 0 heterocycles. The number of hydrogen-bond acceptors (Lipinski definition) is 3. The van der Waals surface area contributed by atoms with Gasteiger partial charge in [0.05, 0.1) is 17.4 Å². The van der Waals surface area contributed by atoms with Gasteiger partial charge < -0.3 is 4.74 Å². The molecule has 0 fully saturated rings. The molecule has 1 rings (SSSR count). The van der Waals surface area contributed by atoms with E-state index in [1.165, 1.54) is 0 Å². The summed E-state index contributed by atoms with van der Waals surface area (Å²) < 4.78 is 27.6. The number of hydrogen-bond donors (Lipinski definition) is 1. The minimum absolute atomic E-state index is 0.0234. The minimum Gasteiger partial charge on any atom is -0.492 e. The van der Waals surface area contributed by atoms with Crippen molar-refractivity contribution in [1.82, 2.24) is 0 Å². The van der Waals surface area contributed by atoms with Gasteiger partial charge in [-0.2, -0.15) is 0 Å². The maximum absolute atomic E-state index is 10.7. The highest BCUT2D eigenvalue weighted by Gasteiger charge is 2.04. The van der Waals surface area contributed by atoms with Crippen molar-refractivity contribution in [2.75, 3.05) is 12.4 Å². The van der Waals surface area contributed by atoms with Crippen molar-refractivity contribution in [3.8, 4) is 5.75 Å². The summed E-state index contributed by atoms with van der Waals surface area (Å²) in [6.45, 7) is 0.414. The Kier molecular flexibility index (Phi) is 5.72. The third-order valence-electron chi connectivity index (χ3n) is 1.97. The molecule has 0 aliphatic heterocycles. The lowest BCUT2D eigenvalue weighted by molar-refractivity contribution is 0.309. The summed E-state index contributed by atoms with van der Waals surface area (Å²) in [7, 11) is -3.37. The van der Waals surface area contributed by atoms with Crippen LogP contribution >= 0.6 is 27.5 Å². The molecule has 1 aromatic rings. The monoisotopic (exact) mass is 341 g/mol. The molecular formula is C10H13BrClNO3S. The quantitative estimate of drug-likeness (QED) is 0.808. The fraction of sp³-hybridized carbons (Fsp3) is 0.400. The second kappa shape index (κ2) is 6.58. The van der Waals surface area contributed by atoms with Gasteiger partial charge in [-0.1, -0.05) is 27.5 Å². The number of halogens is 2. The summed E-state index contributed by atoms with van der Waals surface area (Å²) in [5.41, 5.74) is 0. The molecule has 0 bridgehead atoms. The third-order valence-corrected chi connectivity index (χ3v) is 3.62. The summed E-state index contributed by atoms with van der Waals surface area (Å²) in [6, 6.07) is 5.32. The lowest BCUT2D eigenvalue weighted by atomic mass is 10.3. The first-order valence-corrected chi connectivity index (χ1v) is 7.85. The van der Waals surface area contributed by atoms with Crippen molar-refractivity contribution < 1.29 is 13.2 Å². The molecule has 1 aromatic carbocycles. The van der Waals surface area contributed by atoms with E-state index in [0.29, 0.717) is 30.2 Å². The van der Waals surface area contributed by atoms with Gasteiger partial charge in [0.1, 0.15) is 5.75 Å². The van der Waals surface area contributed by atoms with Crippen molar-refractivity contribution in [3.05, 3.63) is 27.7 Å². The summed E-state index contributed by atoms with van der Waals surface area (Å²) in [5, 5.41) is 5.39. The number of rotatable bonds is 6. The second-order valence-corrected chi connectivity index (χ2v) is 6.55. The first-order valence-electron chi connectivity index (χ1n) is 4.97. The molecule has 0 aliphatic rings. The van der Waals surface area contributed by atoms with Crippen LogP contribution in [-0.4, -0.2) is 20.8 Å². The third kappa shape index (κ3) is 6.26. The predicted octanol–water partition coefficient (Wildman–Crippen LogP) is 2.55. The van der Waals surface area contributed by atoms with Crippen LogP contribution in [0, 0.1) is 0 Å². The van der Waals surface area contributed by atoms with Crippen molar-refractivity contribution in [2.45, 2.75) is 12.8 Å². The Balaban J connectivity index is 2.32. The van der Waals surface area contributed by atoms with E-state index in [9.17, 15) is 8.42 Å². The molecule has 0 saturated carbocycles. The van der Waals surface area contributed by atoms with Gasteiger partial charge in [-0.05, 0) is 31.0 Å². The van der Waals surface area contributed by atoms with Gasteiger partial charge >= 0.3 is 0 Å². The van der Waals surface area contributed by atoms with Gasteiger partial charge in [-0.15, -0.1) is 0 Å². The van der Waals surface area contributed by atoms with E-state index in [-0.39, 0.29) is 5.75 Å². The standard InChI is InChI=1S/C10H13BrClNO3S/c11-8-3-4-10(9(12)7-8)16-5-1-2-6-17(13,14)15/h3-4,7H,1-2,5-6H2,(H2,13,14,15). The number of primary sulfonamides is 1. The fourth-order valence-electron chi connectivity index (χ4n) is 1.18.